The molecule has 1 aliphatic heterocycles. The number of ether oxygens (including phenoxy) is 5. The molecule has 0 saturated carbocycles. The van der Waals surface area contributed by atoms with E-state index in [1.54, 1.807) is 0 Å². The fraction of sp³-hybridized carbons (Fsp3) is 0.262. The lowest BCUT2D eigenvalue weighted by Gasteiger charge is -2.50. The van der Waals surface area contributed by atoms with Crippen LogP contribution in [0.3, 0.4) is 0 Å². The Balaban J connectivity index is 1.36. The normalized spacial score (nSPS) is 22.0. The van der Waals surface area contributed by atoms with Gasteiger partial charge in [0.05, 0.1) is 33.0 Å². The number of phenols is 1. The number of carbonyl (C=O) groups is 1. The summed E-state index contributed by atoms with van der Waals surface area (Å²) in [5, 5.41) is 24.6. The largest absolute Gasteiger partial charge is 0.508 e. The Bertz CT molecular complexity index is 1800. The number of phenolic OH excluding ortho intramolecular Hbond substituents is 1. The zero-order valence-electron chi connectivity index (χ0n) is 28.5. The molecule has 1 amide bonds. The van der Waals surface area contributed by atoms with Crippen LogP contribution in [0.1, 0.15) is 22.3 Å². The summed E-state index contributed by atoms with van der Waals surface area (Å²) < 4.78 is 48.6. The number of carbonyl (C=O) groups excluding carboxylic acids is 1. The maximum atomic E-state index is 16.8. The molecule has 0 radical (unpaired) electrons. The molecule has 0 bridgehead atoms. The molecule has 9 nitrogen and oxygen atoms in total. The highest BCUT2D eigenvalue weighted by Crippen LogP contribution is 2.39. The SMILES string of the molecule is O=C(Nc1ccc(O)cc1)C(F)[C@]1(O)O[C@H](COCc2ccccc2)[C@@H](OCc2ccccc2)[C@H](OCc2ccccc2)[C@H]1OCc1ccccc1. The van der Waals surface area contributed by atoms with E-state index >= 15 is 4.39 Å². The molecule has 6 atom stereocenters. The summed E-state index contributed by atoms with van der Waals surface area (Å²) in [5.74, 6) is -4.09. The summed E-state index contributed by atoms with van der Waals surface area (Å²) in [7, 11) is 0. The van der Waals surface area contributed by atoms with Crippen molar-refractivity contribution in [1.82, 2.24) is 0 Å². The van der Waals surface area contributed by atoms with E-state index in [1.165, 1.54) is 24.3 Å². The van der Waals surface area contributed by atoms with Gasteiger partial charge in [0.15, 0.2) is 0 Å². The van der Waals surface area contributed by atoms with Gasteiger partial charge in [-0.05, 0) is 46.5 Å². The van der Waals surface area contributed by atoms with Crippen LogP contribution in [0, 0.1) is 0 Å². The van der Waals surface area contributed by atoms with Crippen LogP contribution in [0.5, 0.6) is 5.75 Å². The fourth-order valence-electron chi connectivity index (χ4n) is 6.03. The van der Waals surface area contributed by atoms with Crippen LogP contribution in [0.4, 0.5) is 10.1 Å². The van der Waals surface area contributed by atoms with E-state index in [2.05, 4.69) is 5.32 Å². The van der Waals surface area contributed by atoms with Crippen molar-refractivity contribution in [3.8, 4) is 5.75 Å². The molecule has 1 saturated heterocycles. The fourth-order valence-corrected chi connectivity index (χ4v) is 6.03. The van der Waals surface area contributed by atoms with E-state index in [0.717, 1.165) is 22.3 Å². The number of amides is 1. The second kappa shape index (κ2) is 18.0. The maximum Gasteiger partial charge on any atom is 0.264 e. The van der Waals surface area contributed by atoms with Gasteiger partial charge in [-0.25, -0.2) is 4.39 Å². The summed E-state index contributed by atoms with van der Waals surface area (Å²) in [6.07, 6.45) is -7.46. The summed E-state index contributed by atoms with van der Waals surface area (Å²) in [4.78, 5) is 13.6. The molecule has 0 aliphatic carbocycles. The van der Waals surface area contributed by atoms with Gasteiger partial charge in [0, 0.05) is 5.69 Å². The Morgan fingerprint density at radius 1 is 0.654 bits per heavy atom. The van der Waals surface area contributed by atoms with Crippen molar-refractivity contribution in [2.24, 2.45) is 0 Å². The molecule has 1 aliphatic rings. The van der Waals surface area contributed by atoms with E-state index in [0.29, 0.717) is 0 Å². The number of anilines is 1. The average molecular weight is 708 g/mol. The molecule has 1 fully saturated rings. The minimum Gasteiger partial charge on any atom is -0.508 e. The summed E-state index contributed by atoms with van der Waals surface area (Å²) in [5.41, 5.74) is 3.53. The Kier molecular flexibility index (Phi) is 12.8. The molecule has 270 valence electrons. The number of aromatic hydroxyl groups is 1. The molecule has 0 spiro atoms. The topological polar surface area (TPSA) is 116 Å². The van der Waals surface area contributed by atoms with Crippen molar-refractivity contribution in [3.63, 3.8) is 0 Å². The van der Waals surface area contributed by atoms with Crippen LogP contribution in [-0.4, -0.2) is 59.1 Å². The standard InChI is InChI=1S/C42H42FNO8/c43-39(41(46)44-34-21-23-35(45)24-22-34)42(47)40(51-28-33-19-11-4-12-20-33)38(50-27-32-17-9-3-10-18-32)37(49-26-31-15-7-2-8-16-31)36(52-42)29-48-25-30-13-5-1-6-14-30/h1-24,36-40,45,47H,25-29H2,(H,44,46)/t36-,37-,38+,39?,40-,42+/m1/s1. The number of hydrogen-bond donors (Lipinski definition) is 3. The van der Waals surface area contributed by atoms with Crippen molar-refractivity contribution in [2.45, 2.75) is 62.8 Å². The average Bonchev–Trinajstić information content (AvgIpc) is 3.18. The van der Waals surface area contributed by atoms with Gasteiger partial charge in [-0.3, -0.25) is 4.79 Å². The van der Waals surface area contributed by atoms with Crippen molar-refractivity contribution >= 4 is 11.6 Å². The Morgan fingerprint density at radius 3 is 1.60 bits per heavy atom. The van der Waals surface area contributed by atoms with E-state index in [9.17, 15) is 15.0 Å². The Morgan fingerprint density at radius 2 is 1.10 bits per heavy atom. The number of halogens is 1. The number of aliphatic hydroxyl groups is 1. The first kappa shape index (κ1) is 36.8. The van der Waals surface area contributed by atoms with Gasteiger partial charge < -0.3 is 39.2 Å². The maximum absolute atomic E-state index is 16.8. The highest BCUT2D eigenvalue weighted by atomic mass is 19.1. The highest BCUT2D eigenvalue weighted by molar-refractivity contribution is 5.95. The predicted octanol–water partition coefficient (Wildman–Crippen LogP) is 6.73. The minimum atomic E-state index is -2.87. The number of alkyl halides is 1. The van der Waals surface area contributed by atoms with Crippen LogP contribution in [0.2, 0.25) is 0 Å². The van der Waals surface area contributed by atoms with Crippen LogP contribution >= 0.6 is 0 Å². The first-order chi connectivity index (χ1) is 25.4. The van der Waals surface area contributed by atoms with E-state index in [4.69, 9.17) is 23.7 Å². The lowest BCUT2D eigenvalue weighted by atomic mass is 9.88. The lowest BCUT2D eigenvalue weighted by molar-refractivity contribution is -0.382. The first-order valence-electron chi connectivity index (χ1n) is 17.1. The molecule has 1 heterocycles. The molecule has 52 heavy (non-hydrogen) atoms. The molecule has 5 aromatic rings. The van der Waals surface area contributed by atoms with Gasteiger partial charge in [-0.1, -0.05) is 121 Å². The molecule has 0 aromatic heterocycles. The van der Waals surface area contributed by atoms with Crippen LogP contribution in [0.15, 0.2) is 146 Å². The number of rotatable bonds is 16. The monoisotopic (exact) mass is 707 g/mol. The van der Waals surface area contributed by atoms with Crippen molar-refractivity contribution in [2.75, 3.05) is 11.9 Å². The van der Waals surface area contributed by atoms with Crippen molar-refractivity contribution in [1.29, 1.82) is 0 Å². The van der Waals surface area contributed by atoms with Gasteiger partial charge in [0.25, 0.3) is 5.91 Å². The van der Waals surface area contributed by atoms with E-state index in [1.807, 2.05) is 121 Å². The van der Waals surface area contributed by atoms with Crippen molar-refractivity contribution in [3.05, 3.63) is 168 Å². The second-order valence-electron chi connectivity index (χ2n) is 12.5. The smallest absolute Gasteiger partial charge is 0.264 e. The Labute approximate surface area is 302 Å². The number of nitrogens with one attached hydrogen (secondary N) is 1. The van der Waals surface area contributed by atoms with Gasteiger partial charge in [0.2, 0.25) is 12.0 Å². The first-order valence-corrected chi connectivity index (χ1v) is 17.1. The quantitative estimate of drug-likeness (QED) is 0.0968. The minimum absolute atomic E-state index is 0.0308. The zero-order valence-corrected chi connectivity index (χ0v) is 28.5. The summed E-state index contributed by atoms with van der Waals surface area (Å²) >= 11 is 0. The zero-order chi connectivity index (χ0) is 36.2. The number of hydrogen-bond acceptors (Lipinski definition) is 8. The lowest BCUT2D eigenvalue weighted by Crippen LogP contribution is -2.71. The highest BCUT2D eigenvalue weighted by Gasteiger charge is 2.62. The molecular formula is C42H42FNO8. The van der Waals surface area contributed by atoms with E-state index < -0.39 is 42.3 Å². The van der Waals surface area contributed by atoms with Gasteiger partial charge in [-0.15, -0.1) is 0 Å². The molecule has 5 aromatic carbocycles. The third-order valence-corrected chi connectivity index (χ3v) is 8.70. The third-order valence-electron chi connectivity index (χ3n) is 8.70. The third kappa shape index (κ3) is 9.68. The van der Waals surface area contributed by atoms with Crippen LogP contribution in [-0.2, 0) is 54.9 Å². The van der Waals surface area contributed by atoms with E-state index in [-0.39, 0.29) is 44.5 Å². The van der Waals surface area contributed by atoms with Crippen molar-refractivity contribution < 1.29 is 43.1 Å². The Hall–Kier alpha value is -4.94. The van der Waals surface area contributed by atoms with Gasteiger partial charge >= 0.3 is 0 Å². The molecule has 1 unspecified atom stereocenters. The molecular weight excluding hydrogens is 665 g/mol. The van der Waals surface area contributed by atoms with Gasteiger partial charge in [-0.2, -0.15) is 0 Å². The molecule has 6 rings (SSSR count). The molecule has 3 N–H and O–H groups in total. The predicted molar refractivity (Wildman–Crippen MR) is 193 cm³/mol. The number of benzene rings is 5. The second-order valence-corrected chi connectivity index (χ2v) is 12.5. The molecule has 10 heteroatoms. The van der Waals surface area contributed by atoms with Gasteiger partial charge in [0.1, 0.15) is 30.2 Å². The summed E-state index contributed by atoms with van der Waals surface area (Å²) in [6, 6.07) is 43.1. The van der Waals surface area contributed by atoms with Crippen LogP contribution < -0.4 is 5.32 Å². The van der Waals surface area contributed by atoms with Crippen LogP contribution in [0.25, 0.3) is 0 Å². The summed E-state index contributed by atoms with van der Waals surface area (Å²) in [6.45, 7) is 0.203.